The molecule has 0 unspecified atom stereocenters. The summed E-state index contributed by atoms with van der Waals surface area (Å²) in [6, 6.07) is 5.89. The number of thiazole rings is 1. The van der Waals surface area contributed by atoms with Gasteiger partial charge in [0.05, 0.1) is 12.1 Å². The van der Waals surface area contributed by atoms with Gasteiger partial charge in [0.25, 0.3) is 0 Å². The maximum atomic E-state index is 13.1. The zero-order valence-electron chi connectivity index (χ0n) is 9.76. The maximum Gasteiger partial charge on any atom is 0.232 e. The lowest BCUT2D eigenvalue weighted by Crippen LogP contribution is -2.28. The van der Waals surface area contributed by atoms with Crippen molar-refractivity contribution in [3.8, 4) is 0 Å². The lowest BCUT2D eigenvalue weighted by molar-refractivity contribution is -0.117. The van der Waals surface area contributed by atoms with E-state index in [1.54, 1.807) is 24.6 Å². The Hall–Kier alpha value is -1.95. The van der Waals surface area contributed by atoms with Crippen LogP contribution in [0.3, 0.4) is 0 Å². The van der Waals surface area contributed by atoms with Gasteiger partial charge < -0.3 is 10.6 Å². The van der Waals surface area contributed by atoms with Crippen molar-refractivity contribution in [2.45, 2.75) is 6.42 Å². The Labute approximate surface area is 108 Å². The van der Waals surface area contributed by atoms with E-state index in [0.717, 1.165) is 0 Å². The Morgan fingerprint density at radius 3 is 2.94 bits per heavy atom. The number of halogens is 1. The van der Waals surface area contributed by atoms with E-state index in [1.807, 2.05) is 0 Å². The van der Waals surface area contributed by atoms with Crippen LogP contribution in [-0.2, 0) is 11.2 Å². The number of benzene rings is 1. The van der Waals surface area contributed by atoms with Crippen LogP contribution in [0.15, 0.2) is 29.6 Å². The number of likely N-dealkylation sites (N-methyl/N-ethyl adjacent to an activating group) is 1. The van der Waals surface area contributed by atoms with Gasteiger partial charge in [-0.25, -0.2) is 9.37 Å². The molecule has 6 heteroatoms. The number of aromatic nitrogens is 1. The molecule has 0 saturated carbocycles. The zero-order chi connectivity index (χ0) is 13.1. The Morgan fingerprint density at radius 2 is 2.33 bits per heavy atom. The normalized spacial score (nSPS) is 10.3. The number of carbonyl (C=O) groups excluding carboxylic acids is 1. The number of anilines is 2. The zero-order valence-corrected chi connectivity index (χ0v) is 10.6. The van der Waals surface area contributed by atoms with Crippen molar-refractivity contribution >= 4 is 28.1 Å². The molecular formula is C12H12FN3OS. The van der Waals surface area contributed by atoms with Crippen molar-refractivity contribution < 1.29 is 9.18 Å². The molecule has 2 N–H and O–H groups in total. The minimum Gasteiger partial charge on any atom is -0.375 e. The number of nitrogens with two attached hydrogens (primary N) is 1. The number of nitrogen functional groups attached to an aromatic ring is 1. The average molecular weight is 265 g/mol. The van der Waals surface area contributed by atoms with Crippen LogP contribution in [0.5, 0.6) is 0 Å². The van der Waals surface area contributed by atoms with Gasteiger partial charge in [-0.05, 0) is 18.2 Å². The SMILES string of the molecule is CN(C(=O)Cc1csc(N)n1)c1cccc(F)c1. The maximum absolute atomic E-state index is 13.1. The van der Waals surface area contributed by atoms with Gasteiger partial charge in [-0.2, -0.15) is 0 Å². The average Bonchev–Trinajstić information content (AvgIpc) is 2.73. The second-order valence-corrected chi connectivity index (χ2v) is 4.68. The van der Waals surface area contributed by atoms with Gasteiger partial charge in [-0.15, -0.1) is 11.3 Å². The summed E-state index contributed by atoms with van der Waals surface area (Å²) in [4.78, 5) is 17.4. The third kappa shape index (κ3) is 2.84. The minimum absolute atomic E-state index is 0.153. The molecule has 1 heterocycles. The molecule has 0 aliphatic heterocycles. The van der Waals surface area contributed by atoms with E-state index < -0.39 is 0 Å². The number of rotatable bonds is 3. The van der Waals surface area contributed by atoms with E-state index in [-0.39, 0.29) is 18.1 Å². The summed E-state index contributed by atoms with van der Waals surface area (Å²) >= 11 is 1.29. The first-order valence-corrected chi connectivity index (χ1v) is 6.16. The molecule has 18 heavy (non-hydrogen) atoms. The van der Waals surface area contributed by atoms with Gasteiger partial charge in [0.2, 0.25) is 5.91 Å². The molecule has 4 nitrogen and oxygen atoms in total. The summed E-state index contributed by atoms with van der Waals surface area (Å²) in [6.07, 6.45) is 0.153. The number of amides is 1. The molecule has 1 aromatic heterocycles. The van der Waals surface area contributed by atoms with Crippen LogP contribution in [-0.4, -0.2) is 17.9 Å². The van der Waals surface area contributed by atoms with E-state index in [0.29, 0.717) is 16.5 Å². The highest BCUT2D eigenvalue weighted by molar-refractivity contribution is 7.13. The third-order valence-corrected chi connectivity index (χ3v) is 3.19. The molecular weight excluding hydrogens is 253 g/mol. The lowest BCUT2D eigenvalue weighted by Gasteiger charge is -2.16. The molecule has 0 fully saturated rings. The molecule has 1 aromatic carbocycles. The van der Waals surface area contributed by atoms with Crippen molar-refractivity contribution in [1.29, 1.82) is 0 Å². The summed E-state index contributed by atoms with van der Waals surface area (Å²) in [5.41, 5.74) is 6.64. The second-order valence-electron chi connectivity index (χ2n) is 3.79. The highest BCUT2D eigenvalue weighted by atomic mass is 32.1. The van der Waals surface area contributed by atoms with Crippen LogP contribution >= 0.6 is 11.3 Å². The molecule has 0 atom stereocenters. The first-order valence-electron chi connectivity index (χ1n) is 5.28. The van der Waals surface area contributed by atoms with Crippen molar-refractivity contribution in [3.63, 3.8) is 0 Å². The smallest absolute Gasteiger partial charge is 0.232 e. The van der Waals surface area contributed by atoms with Crippen LogP contribution in [0.1, 0.15) is 5.69 Å². The fourth-order valence-corrected chi connectivity index (χ4v) is 2.07. The molecule has 0 saturated heterocycles. The van der Waals surface area contributed by atoms with E-state index in [4.69, 9.17) is 5.73 Å². The Balaban J connectivity index is 2.09. The monoisotopic (exact) mass is 265 g/mol. The van der Waals surface area contributed by atoms with Crippen molar-refractivity contribution in [2.75, 3.05) is 17.7 Å². The van der Waals surface area contributed by atoms with E-state index >= 15 is 0 Å². The summed E-state index contributed by atoms with van der Waals surface area (Å²) in [6.45, 7) is 0. The largest absolute Gasteiger partial charge is 0.375 e. The molecule has 94 valence electrons. The summed E-state index contributed by atoms with van der Waals surface area (Å²) < 4.78 is 13.1. The van der Waals surface area contributed by atoms with Crippen LogP contribution < -0.4 is 10.6 Å². The summed E-state index contributed by atoms with van der Waals surface area (Å²) in [7, 11) is 1.60. The molecule has 0 aliphatic carbocycles. The second kappa shape index (κ2) is 5.14. The van der Waals surface area contributed by atoms with Crippen molar-refractivity contribution in [2.24, 2.45) is 0 Å². The Morgan fingerprint density at radius 1 is 1.56 bits per heavy atom. The van der Waals surface area contributed by atoms with Crippen molar-refractivity contribution in [1.82, 2.24) is 4.98 Å². The standard InChI is InChI=1S/C12H12FN3OS/c1-16(10-4-2-3-8(13)5-10)11(17)6-9-7-18-12(14)15-9/h2-5,7H,6H2,1H3,(H2,14,15). The van der Waals surface area contributed by atoms with E-state index in [1.165, 1.54) is 28.4 Å². The van der Waals surface area contributed by atoms with Gasteiger partial charge in [0.15, 0.2) is 5.13 Å². The topological polar surface area (TPSA) is 59.2 Å². The molecule has 2 rings (SSSR count). The van der Waals surface area contributed by atoms with Crippen LogP contribution in [0.2, 0.25) is 0 Å². The van der Waals surface area contributed by atoms with Gasteiger partial charge in [-0.1, -0.05) is 6.07 Å². The van der Waals surface area contributed by atoms with Gasteiger partial charge in [0.1, 0.15) is 5.82 Å². The molecule has 1 amide bonds. The number of nitrogens with zero attached hydrogens (tertiary/aromatic N) is 2. The Kier molecular flexibility index (Phi) is 3.57. The first kappa shape index (κ1) is 12.5. The molecule has 0 aliphatic rings. The predicted molar refractivity (Wildman–Crippen MR) is 70.0 cm³/mol. The quantitative estimate of drug-likeness (QED) is 0.924. The third-order valence-electron chi connectivity index (χ3n) is 2.47. The van der Waals surface area contributed by atoms with Crippen LogP contribution in [0, 0.1) is 5.82 Å². The van der Waals surface area contributed by atoms with Gasteiger partial charge >= 0.3 is 0 Å². The number of carbonyl (C=O) groups is 1. The lowest BCUT2D eigenvalue weighted by atomic mass is 10.2. The molecule has 0 spiro atoms. The number of hydrogen-bond acceptors (Lipinski definition) is 4. The fourth-order valence-electron chi connectivity index (χ4n) is 1.51. The molecule has 2 aromatic rings. The Bertz CT molecular complexity index is 570. The van der Waals surface area contributed by atoms with E-state index in [9.17, 15) is 9.18 Å². The number of hydrogen-bond donors (Lipinski definition) is 1. The van der Waals surface area contributed by atoms with Crippen molar-refractivity contribution in [3.05, 3.63) is 41.2 Å². The van der Waals surface area contributed by atoms with Gasteiger partial charge in [-0.3, -0.25) is 4.79 Å². The highest BCUT2D eigenvalue weighted by Gasteiger charge is 2.13. The molecule has 0 radical (unpaired) electrons. The molecule has 0 bridgehead atoms. The summed E-state index contributed by atoms with van der Waals surface area (Å²) in [5.74, 6) is -0.532. The fraction of sp³-hybridized carbons (Fsp3) is 0.167. The summed E-state index contributed by atoms with van der Waals surface area (Å²) in [5, 5.41) is 2.18. The predicted octanol–water partition coefficient (Wildman–Crippen LogP) is 2.07. The van der Waals surface area contributed by atoms with Crippen LogP contribution in [0.4, 0.5) is 15.2 Å². The van der Waals surface area contributed by atoms with E-state index in [2.05, 4.69) is 4.98 Å². The van der Waals surface area contributed by atoms with Crippen LogP contribution in [0.25, 0.3) is 0 Å². The highest BCUT2D eigenvalue weighted by Crippen LogP contribution is 2.16. The minimum atomic E-state index is -0.370. The van der Waals surface area contributed by atoms with Gasteiger partial charge in [0, 0.05) is 18.1 Å². The first-order chi connectivity index (χ1) is 8.56.